The van der Waals surface area contributed by atoms with Gasteiger partial charge in [0.2, 0.25) is 0 Å². The molecule has 2 rings (SSSR count). The van der Waals surface area contributed by atoms with Gasteiger partial charge in [-0.1, -0.05) is 19.8 Å². The predicted molar refractivity (Wildman–Crippen MR) is 79.4 cm³/mol. The summed E-state index contributed by atoms with van der Waals surface area (Å²) in [5, 5.41) is 11.3. The second-order valence-electron chi connectivity index (χ2n) is 5.43. The number of benzene rings is 1. The summed E-state index contributed by atoms with van der Waals surface area (Å²) in [6, 6.07) is 3.29. The molecule has 2 N–H and O–H groups in total. The van der Waals surface area contributed by atoms with Gasteiger partial charge in [0.1, 0.15) is 11.9 Å². The first-order chi connectivity index (χ1) is 10.5. The zero-order valence-electron chi connectivity index (χ0n) is 12.5. The molecular formula is C16H20FNO4. The molecule has 1 fully saturated rings. The number of aromatic carboxylic acids is 1. The second-order valence-corrected chi connectivity index (χ2v) is 5.43. The van der Waals surface area contributed by atoms with Crippen molar-refractivity contribution in [2.75, 3.05) is 5.32 Å². The summed E-state index contributed by atoms with van der Waals surface area (Å²) in [6.07, 6.45) is 3.96. The molecule has 0 saturated heterocycles. The van der Waals surface area contributed by atoms with Crippen LogP contribution in [0.4, 0.5) is 10.1 Å². The number of carbonyl (C=O) groups is 2. The molecule has 1 aromatic carbocycles. The van der Waals surface area contributed by atoms with Gasteiger partial charge in [0, 0.05) is 0 Å². The number of hydrogen-bond acceptors (Lipinski definition) is 3. The Morgan fingerprint density at radius 3 is 2.68 bits per heavy atom. The molecule has 1 atom stereocenters. The first kappa shape index (κ1) is 16.4. The molecular weight excluding hydrogens is 289 g/mol. The van der Waals surface area contributed by atoms with E-state index in [0.29, 0.717) is 6.42 Å². The number of anilines is 1. The van der Waals surface area contributed by atoms with Gasteiger partial charge in [0.15, 0.2) is 0 Å². The third-order valence-corrected chi connectivity index (χ3v) is 3.79. The molecule has 1 unspecified atom stereocenters. The Labute approximate surface area is 128 Å². The van der Waals surface area contributed by atoms with Crippen molar-refractivity contribution in [1.82, 2.24) is 0 Å². The summed E-state index contributed by atoms with van der Waals surface area (Å²) in [5.41, 5.74) is -0.222. The molecule has 1 aliphatic rings. The van der Waals surface area contributed by atoms with Crippen molar-refractivity contribution < 1.29 is 23.8 Å². The van der Waals surface area contributed by atoms with Crippen LogP contribution >= 0.6 is 0 Å². The molecule has 6 heteroatoms. The van der Waals surface area contributed by atoms with Crippen molar-refractivity contribution in [3.05, 3.63) is 29.6 Å². The molecule has 0 spiro atoms. The number of carboxylic acid groups (broad SMARTS) is 1. The number of carboxylic acids is 1. The fourth-order valence-corrected chi connectivity index (χ4v) is 2.57. The zero-order chi connectivity index (χ0) is 16.1. The Morgan fingerprint density at radius 1 is 1.41 bits per heavy atom. The lowest BCUT2D eigenvalue weighted by atomic mass is 10.1. The summed E-state index contributed by atoms with van der Waals surface area (Å²) in [5.74, 6) is -2.30. The summed E-state index contributed by atoms with van der Waals surface area (Å²) in [6.45, 7) is 1.82. The number of rotatable bonds is 6. The lowest BCUT2D eigenvalue weighted by Gasteiger charge is -2.20. The summed E-state index contributed by atoms with van der Waals surface area (Å²) in [7, 11) is 0. The fraction of sp³-hybridized carbons (Fsp3) is 0.500. The molecule has 1 amide bonds. The Kier molecular flexibility index (Phi) is 5.49. The van der Waals surface area contributed by atoms with E-state index in [2.05, 4.69) is 5.32 Å². The van der Waals surface area contributed by atoms with Crippen LogP contribution < -0.4 is 5.32 Å². The fourth-order valence-electron chi connectivity index (χ4n) is 2.57. The number of amides is 1. The van der Waals surface area contributed by atoms with E-state index in [1.807, 2.05) is 6.92 Å². The van der Waals surface area contributed by atoms with Gasteiger partial charge in [0.25, 0.3) is 5.91 Å². The molecule has 120 valence electrons. The number of hydrogen-bond donors (Lipinski definition) is 2. The number of halogens is 1. The predicted octanol–water partition coefficient (Wildman–Crippen LogP) is 3.20. The van der Waals surface area contributed by atoms with Gasteiger partial charge < -0.3 is 15.2 Å². The molecule has 0 bridgehead atoms. The SMILES string of the molecule is CCC(OC1CCCC1)C(=O)Nc1cc(C(=O)O)ccc1F. The maximum Gasteiger partial charge on any atom is 0.335 e. The molecule has 0 radical (unpaired) electrons. The minimum atomic E-state index is -1.18. The average Bonchev–Trinajstić information content (AvgIpc) is 2.99. The van der Waals surface area contributed by atoms with E-state index in [1.165, 1.54) is 0 Å². The van der Waals surface area contributed by atoms with Crippen molar-refractivity contribution in [3.8, 4) is 0 Å². The van der Waals surface area contributed by atoms with Gasteiger partial charge in [-0.3, -0.25) is 4.79 Å². The highest BCUT2D eigenvalue weighted by Gasteiger charge is 2.25. The summed E-state index contributed by atoms with van der Waals surface area (Å²) in [4.78, 5) is 23.1. The van der Waals surface area contributed by atoms with E-state index in [1.54, 1.807) is 0 Å². The van der Waals surface area contributed by atoms with Crippen LogP contribution in [0, 0.1) is 5.82 Å². The van der Waals surface area contributed by atoms with Crippen molar-refractivity contribution >= 4 is 17.6 Å². The van der Waals surface area contributed by atoms with Crippen LogP contribution in [0.1, 0.15) is 49.4 Å². The summed E-state index contributed by atoms with van der Waals surface area (Å²) >= 11 is 0. The Hall–Kier alpha value is -1.95. The van der Waals surface area contributed by atoms with Gasteiger partial charge in [0.05, 0.1) is 17.4 Å². The zero-order valence-corrected chi connectivity index (χ0v) is 12.5. The lowest BCUT2D eigenvalue weighted by molar-refractivity contribution is -0.131. The monoisotopic (exact) mass is 309 g/mol. The number of nitrogens with one attached hydrogen (secondary N) is 1. The quantitative estimate of drug-likeness (QED) is 0.846. The van der Waals surface area contributed by atoms with Crippen molar-refractivity contribution in [2.24, 2.45) is 0 Å². The summed E-state index contributed by atoms with van der Waals surface area (Å²) < 4.78 is 19.5. The van der Waals surface area contributed by atoms with E-state index >= 15 is 0 Å². The van der Waals surface area contributed by atoms with Crippen LogP contribution in [-0.4, -0.2) is 29.2 Å². The van der Waals surface area contributed by atoms with E-state index in [9.17, 15) is 14.0 Å². The van der Waals surface area contributed by atoms with Gasteiger partial charge in [-0.15, -0.1) is 0 Å². The molecule has 1 aromatic rings. The van der Waals surface area contributed by atoms with Crippen LogP contribution in [0.5, 0.6) is 0 Å². The first-order valence-corrected chi connectivity index (χ1v) is 7.50. The molecule has 0 aliphatic heterocycles. The molecule has 5 nitrogen and oxygen atoms in total. The first-order valence-electron chi connectivity index (χ1n) is 7.50. The third kappa shape index (κ3) is 4.04. The standard InChI is InChI=1S/C16H20FNO4/c1-2-14(22-11-5-3-4-6-11)15(19)18-13-9-10(16(20)21)7-8-12(13)17/h7-9,11,14H,2-6H2,1H3,(H,18,19)(H,20,21). The van der Waals surface area contributed by atoms with Crippen molar-refractivity contribution in [3.63, 3.8) is 0 Å². The van der Waals surface area contributed by atoms with Gasteiger partial charge in [-0.05, 0) is 37.5 Å². The Bertz CT molecular complexity index is 555. The maximum atomic E-state index is 13.7. The van der Waals surface area contributed by atoms with Crippen molar-refractivity contribution in [2.45, 2.75) is 51.2 Å². The highest BCUT2D eigenvalue weighted by atomic mass is 19.1. The Morgan fingerprint density at radius 2 is 2.09 bits per heavy atom. The maximum absolute atomic E-state index is 13.7. The third-order valence-electron chi connectivity index (χ3n) is 3.79. The number of ether oxygens (including phenoxy) is 1. The van der Waals surface area contributed by atoms with E-state index in [4.69, 9.17) is 9.84 Å². The second kappa shape index (κ2) is 7.35. The average molecular weight is 309 g/mol. The van der Waals surface area contributed by atoms with E-state index in [0.717, 1.165) is 43.9 Å². The molecule has 1 aliphatic carbocycles. The lowest BCUT2D eigenvalue weighted by Crippen LogP contribution is -2.33. The van der Waals surface area contributed by atoms with Crippen LogP contribution in [0.2, 0.25) is 0 Å². The highest BCUT2D eigenvalue weighted by Crippen LogP contribution is 2.24. The van der Waals surface area contributed by atoms with Gasteiger partial charge >= 0.3 is 5.97 Å². The van der Waals surface area contributed by atoms with Crippen LogP contribution in [0.3, 0.4) is 0 Å². The van der Waals surface area contributed by atoms with Crippen molar-refractivity contribution in [1.29, 1.82) is 0 Å². The Balaban J connectivity index is 2.05. The van der Waals surface area contributed by atoms with Crippen LogP contribution in [0.15, 0.2) is 18.2 Å². The molecule has 0 heterocycles. The number of carbonyl (C=O) groups excluding carboxylic acids is 1. The smallest absolute Gasteiger partial charge is 0.335 e. The van der Waals surface area contributed by atoms with E-state index < -0.39 is 23.8 Å². The van der Waals surface area contributed by atoms with Crippen LogP contribution in [-0.2, 0) is 9.53 Å². The molecule has 1 saturated carbocycles. The molecule has 0 aromatic heterocycles. The molecule has 22 heavy (non-hydrogen) atoms. The van der Waals surface area contributed by atoms with Gasteiger partial charge in [-0.25, -0.2) is 9.18 Å². The minimum Gasteiger partial charge on any atom is -0.478 e. The topological polar surface area (TPSA) is 75.6 Å². The normalized spacial score (nSPS) is 16.5. The van der Waals surface area contributed by atoms with Gasteiger partial charge in [-0.2, -0.15) is 0 Å². The highest BCUT2D eigenvalue weighted by molar-refractivity contribution is 5.96. The minimum absolute atomic E-state index is 0.0749. The van der Waals surface area contributed by atoms with Crippen LogP contribution in [0.25, 0.3) is 0 Å². The van der Waals surface area contributed by atoms with E-state index in [-0.39, 0.29) is 17.4 Å². The largest absolute Gasteiger partial charge is 0.478 e.